The lowest BCUT2D eigenvalue weighted by molar-refractivity contribution is 0.514. The lowest BCUT2D eigenvalue weighted by Gasteiger charge is -2.16. The molecule has 1 unspecified atom stereocenters. The SMILES string of the molecule is CCCNC(CCC)CSc1ccncn1. The molecule has 16 heavy (non-hydrogen) atoms. The highest BCUT2D eigenvalue weighted by Gasteiger charge is 2.07. The zero-order valence-corrected chi connectivity index (χ0v) is 11.0. The van der Waals surface area contributed by atoms with Gasteiger partial charge in [0, 0.05) is 18.0 Å². The van der Waals surface area contributed by atoms with Crippen LogP contribution in [0.15, 0.2) is 23.6 Å². The van der Waals surface area contributed by atoms with Crippen LogP contribution in [0.2, 0.25) is 0 Å². The molecule has 1 aromatic rings. The van der Waals surface area contributed by atoms with Gasteiger partial charge in [0.1, 0.15) is 6.33 Å². The largest absolute Gasteiger partial charge is 0.313 e. The molecule has 90 valence electrons. The molecule has 0 saturated heterocycles. The molecular formula is C12H21N3S. The monoisotopic (exact) mass is 239 g/mol. The van der Waals surface area contributed by atoms with E-state index in [1.807, 2.05) is 6.07 Å². The van der Waals surface area contributed by atoms with Crippen LogP contribution in [0.3, 0.4) is 0 Å². The summed E-state index contributed by atoms with van der Waals surface area (Å²) in [7, 11) is 0. The highest BCUT2D eigenvalue weighted by Crippen LogP contribution is 2.16. The first kappa shape index (κ1) is 13.5. The molecule has 3 nitrogen and oxygen atoms in total. The second kappa shape index (κ2) is 8.53. The molecule has 0 fully saturated rings. The molecule has 0 aromatic carbocycles. The van der Waals surface area contributed by atoms with Crippen molar-refractivity contribution in [3.8, 4) is 0 Å². The summed E-state index contributed by atoms with van der Waals surface area (Å²) in [5.41, 5.74) is 0. The molecule has 0 radical (unpaired) electrons. The fourth-order valence-electron chi connectivity index (χ4n) is 1.49. The Kier molecular flexibility index (Phi) is 7.17. The van der Waals surface area contributed by atoms with Gasteiger partial charge in [-0.2, -0.15) is 0 Å². The van der Waals surface area contributed by atoms with Crippen LogP contribution in [0.4, 0.5) is 0 Å². The van der Waals surface area contributed by atoms with E-state index in [4.69, 9.17) is 0 Å². The molecular weight excluding hydrogens is 218 g/mol. The van der Waals surface area contributed by atoms with Gasteiger partial charge in [0.05, 0.1) is 5.03 Å². The van der Waals surface area contributed by atoms with Crippen LogP contribution in [0.1, 0.15) is 33.1 Å². The van der Waals surface area contributed by atoms with Crippen molar-refractivity contribution in [3.05, 3.63) is 18.6 Å². The molecule has 0 amide bonds. The van der Waals surface area contributed by atoms with Gasteiger partial charge >= 0.3 is 0 Å². The standard InChI is InChI=1S/C12H21N3S/c1-3-5-11(14-7-4-2)9-16-12-6-8-13-10-15-12/h6,8,10-11,14H,3-5,7,9H2,1-2H3. The molecule has 1 N–H and O–H groups in total. The van der Waals surface area contributed by atoms with Gasteiger partial charge in [-0.15, -0.1) is 11.8 Å². The van der Waals surface area contributed by atoms with E-state index in [-0.39, 0.29) is 0 Å². The van der Waals surface area contributed by atoms with Crippen LogP contribution in [0.5, 0.6) is 0 Å². The van der Waals surface area contributed by atoms with E-state index in [2.05, 4.69) is 29.1 Å². The third-order valence-corrected chi connectivity index (χ3v) is 3.41. The summed E-state index contributed by atoms with van der Waals surface area (Å²) in [5.74, 6) is 1.09. The Labute approximate surface area is 102 Å². The van der Waals surface area contributed by atoms with Gasteiger partial charge in [-0.3, -0.25) is 0 Å². The van der Waals surface area contributed by atoms with Crippen molar-refractivity contribution in [2.75, 3.05) is 12.3 Å². The first-order chi connectivity index (χ1) is 7.86. The summed E-state index contributed by atoms with van der Waals surface area (Å²) < 4.78 is 0. The lowest BCUT2D eigenvalue weighted by atomic mass is 10.2. The molecule has 1 atom stereocenters. The van der Waals surface area contributed by atoms with Crippen LogP contribution >= 0.6 is 11.8 Å². The number of rotatable bonds is 8. The van der Waals surface area contributed by atoms with Gasteiger partial charge in [-0.25, -0.2) is 9.97 Å². The Bertz CT molecular complexity index is 266. The molecule has 0 aliphatic heterocycles. The third kappa shape index (κ3) is 5.47. The summed E-state index contributed by atoms with van der Waals surface area (Å²) >= 11 is 1.81. The number of aromatic nitrogens is 2. The zero-order valence-electron chi connectivity index (χ0n) is 10.1. The molecule has 0 spiro atoms. The third-order valence-electron chi connectivity index (χ3n) is 2.31. The number of hydrogen-bond donors (Lipinski definition) is 1. The maximum Gasteiger partial charge on any atom is 0.116 e. The summed E-state index contributed by atoms with van der Waals surface area (Å²) in [6.45, 7) is 5.54. The first-order valence-corrected chi connectivity index (χ1v) is 6.97. The Morgan fingerprint density at radius 3 is 2.88 bits per heavy atom. The predicted molar refractivity (Wildman–Crippen MR) is 69.7 cm³/mol. The Morgan fingerprint density at radius 1 is 1.38 bits per heavy atom. The van der Waals surface area contributed by atoms with Gasteiger partial charge in [-0.1, -0.05) is 20.3 Å². The summed E-state index contributed by atoms with van der Waals surface area (Å²) in [6.07, 6.45) is 7.06. The van der Waals surface area contributed by atoms with Crippen LogP contribution in [-0.2, 0) is 0 Å². The van der Waals surface area contributed by atoms with Gasteiger partial charge < -0.3 is 5.32 Å². The minimum atomic E-state index is 0.602. The first-order valence-electron chi connectivity index (χ1n) is 5.99. The van der Waals surface area contributed by atoms with E-state index >= 15 is 0 Å². The van der Waals surface area contributed by atoms with E-state index in [1.54, 1.807) is 24.3 Å². The number of thioether (sulfide) groups is 1. The molecule has 1 aromatic heterocycles. The van der Waals surface area contributed by atoms with Crippen molar-refractivity contribution in [1.29, 1.82) is 0 Å². The molecule has 0 aliphatic carbocycles. The minimum absolute atomic E-state index is 0.602. The lowest BCUT2D eigenvalue weighted by Crippen LogP contribution is -2.31. The quantitative estimate of drug-likeness (QED) is 0.559. The number of hydrogen-bond acceptors (Lipinski definition) is 4. The van der Waals surface area contributed by atoms with Crippen LogP contribution in [0, 0.1) is 0 Å². The topological polar surface area (TPSA) is 37.8 Å². The summed E-state index contributed by atoms with van der Waals surface area (Å²) in [4.78, 5) is 8.13. The van der Waals surface area contributed by atoms with Crippen LogP contribution in [0.25, 0.3) is 0 Å². The van der Waals surface area contributed by atoms with Gasteiger partial charge in [0.2, 0.25) is 0 Å². The number of nitrogens with zero attached hydrogens (tertiary/aromatic N) is 2. The predicted octanol–water partition coefficient (Wildman–Crippen LogP) is 2.74. The van der Waals surface area contributed by atoms with Crippen molar-refractivity contribution >= 4 is 11.8 Å². The maximum atomic E-state index is 4.22. The molecule has 0 saturated carbocycles. The van der Waals surface area contributed by atoms with Crippen molar-refractivity contribution in [2.24, 2.45) is 0 Å². The van der Waals surface area contributed by atoms with Crippen molar-refractivity contribution in [1.82, 2.24) is 15.3 Å². The van der Waals surface area contributed by atoms with E-state index in [1.165, 1.54) is 19.3 Å². The molecule has 0 aliphatic rings. The Hall–Kier alpha value is -0.610. The van der Waals surface area contributed by atoms with E-state index in [0.717, 1.165) is 17.3 Å². The van der Waals surface area contributed by atoms with Gasteiger partial charge in [-0.05, 0) is 25.5 Å². The van der Waals surface area contributed by atoms with Crippen molar-refractivity contribution in [2.45, 2.75) is 44.2 Å². The normalized spacial score (nSPS) is 12.6. The smallest absolute Gasteiger partial charge is 0.116 e. The van der Waals surface area contributed by atoms with Crippen molar-refractivity contribution in [3.63, 3.8) is 0 Å². The van der Waals surface area contributed by atoms with Gasteiger partial charge in [0.15, 0.2) is 0 Å². The Balaban J connectivity index is 2.31. The van der Waals surface area contributed by atoms with Crippen molar-refractivity contribution < 1.29 is 0 Å². The fraction of sp³-hybridized carbons (Fsp3) is 0.667. The summed E-state index contributed by atoms with van der Waals surface area (Å²) in [5, 5.41) is 4.64. The molecule has 4 heteroatoms. The average molecular weight is 239 g/mol. The molecule has 1 rings (SSSR count). The maximum absolute atomic E-state index is 4.22. The fourth-order valence-corrected chi connectivity index (χ4v) is 2.43. The van der Waals surface area contributed by atoms with Crippen LogP contribution < -0.4 is 5.32 Å². The van der Waals surface area contributed by atoms with Crippen LogP contribution in [-0.4, -0.2) is 28.3 Å². The highest BCUT2D eigenvalue weighted by molar-refractivity contribution is 7.99. The number of nitrogens with one attached hydrogen (secondary N) is 1. The van der Waals surface area contributed by atoms with E-state index in [0.29, 0.717) is 6.04 Å². The summed E-state index contributed by atoms with van der Waals surface area (Å²) in [6, 6.07) is 2.57. The molecule has 0 bridgehead atoms. The van der Waals surface area contributed by atoms with Gasteiger partial charge in [0.25, 0.3) is 0 Å². The highest BCUT2D eigenvalue weighted by atomic mass is 32.2. The average Bonchev–Trinajstić information content (AvgIpc) is 2.34. The second-order valence-electron chi connectivity index (χ2n) is 3.80. The second-order valence-corrected chi connectivity index (χ2v) is 4.84. The zero-order chi connectivity index (χ0) is 11.6. The van der Waals surface area contributed by atoms with E-state index < -0.39 is 0 Å². The van der Waals surface area contributed by atoms with E-state index in [9.17, 15) is 0 Å². The minimum Gasteiger partial charge on any atom is -0.313 e. The molecule has 1 heterocycles. The Morgan fingerprint density at radius 2 is 2.25 bits per heavy atom.